The summed E-state index contributed by atoms with van der Waals surface area (Å²) in [5, 5.41) is 2.72. The molecule has 0 spiro atoms. The van der Waals surface area contributed by atoms with Gasteiger partial charge in [0.2, 0.25) is 0 Å². The molecule has 1 N–H and O–H groups in total. The third-order valence-corrected chi connectivity index (χ3v) is 5.08. The highest BCUT2D eigenvalue weighted by Crippen LogP contribution is 2.21. The van der Waals surface area contributed by atoms with Gasteiger partial charge in [-0.05, 0) is 56.1 Å². The summed E-state index contributed by atoms with van der Waals surface area (Å²) in [7, 11) is 1.30. The highest BCUT2D eigenvalue weighted by atomic mass is 16.5. The number of aromatic nitrogens is 1. The minimum atomic E-state index is -0.748. The summed E-state index contributed by atoms with van der Waals surface area (Å²) >= 11 is 0. The number of hydrogen-bond acceptors (Lipinski definition) is 4. The van der Waals surface area contributed by atoms with Crippen LogP contribution in [0.2, 0.25) is 0 Å². The number of amides is 1. The van der Waals surface area contributed by atoms with Crippen molar-refractivity contribution in [3.05, 3.63) is 33.2 Å². The summed E-state index contributed by atoms with van der Waals surface area (Å²) < 4.78 is 6.59. The summed E-state index contributed by atoms with van der Waals surface area (Å²) in [6.45, 7) is 6.66. The average Bonchev–Trinajstić information content (AvgIpc) is 2.65. The summed E-state index contributed by atoms with van der Waals surface area (Å²) in [4.78, 5) is 37.9. The Morgan fingerprint density at radius 1 is 1.26 bits per heavy atom. The zero-order valence-corrected chi connectivity index (χ0v) is 17.0. The lowest BCUT2D eigenvalue weighted by molar-refractivity contribution is -0.143. The van der Waals surface area contributed by atoms with Gasteiger partial charge in [-0.1, -0.05) is 27.2 Å². The second-order valence-corrected chi connectivity index (χ2v) is 7.73. The van der Waals surface area contributed by atoms with Gasteiger partial charge in [0.15, 0.2) is 0 Å². The number of pyridine rings is 1. The van der Waals surface area contributed by atoms with Crippen molar-refractivity contribution >= 4 is 11.9 Å². The van der Waals surface area contributed by atoms with Crippen molar-refractivity contribution in [2.45, 2.75) is 78.3 Å². The number of aryl methyl sites for hydroxylation is 1. The maximum atomic E-state index is 13.0. The molecular weight excluding hydrogens is 344 g/mol. The molecule has 0 saturated heterocycles. The number of nitrogens with one attached hydrogen (secondary N) is 1. The predicted molar refractivity (Wildman–Crippen MR) is 105 cm³/mol. The van der Waals surface area contributed by atoms with E-state index in [0.29, 0.717) is 13.0 Å². The average molecular weight is 376 g/mol. The van der Waals surface area contributed by atoms with Crippen LogP contribution >= 0.6 is 0 Å². The number of carbonyl (C=O) groups excluding carboxylic acids is 2. The van der Waals surface area contributed by atoms with Crippen LogP contribution in [0.25, 0.3) is 0 Å². The highest BCUT2D eigenvalue weighted by Gasteiger charge is 2.26. The predicted octanol–water partition coefficient (Wildman–Crippen LogP) is 2.84. The van der Waals surface area contributed by atoms with E-state index in [4.69, 9.17) is 4.74 Å². The van der Waals surface area contributed by atoms with Crippen LogP contribution in [0.4, 0.5) is 0 Å². The molecule has 0 bridgehead atoms. The van der Waals surface area contributed by atoms with E-state index in [1.807, 2.05) is 13.8 Å². The maximum absolute atomic E-state index is 13.0. The number of hydrogen-bond donors (Lipinski definition) is 1. The van der Waals surface area contributed by atoms with Crippen LogP contribution in [0.15, 0.2) is 10.9 Å². The van der Waals surface area contributed by atoms with Gasteiger partial charge in [0.25, 0.3) is 11.5 Å². The van der Waals surface area contributed by atoms with Crippen LogP contribution < -0.4 is 10.9 Å². The number of carbonyl (C=O) groups is 2. The number of nitrogens with zero attached hydrogens (tertiary/aromatic N) is 1. The Morgan fingerprint density at radius 2 is 1.96 bits per heavy atom. The molecule has 1 aliphatic carbocycles. The Balaban J connectivity index is 2.37. The fourth-order valence-corrected chi connectivity index (χ4v) is 3.66. The van der Waals surface area contributed by atoms with E-state index in [-0.39, 0.29) is 17.0 Å². The normalized spacial score (nSPS) is 14.6. The second-order valence-electron chi connectivity index (χ2n) is 7.73. The fraction of sp³-hybridized carbons (Fsp3) is 0.667. The molecule has 1 aromatic rings. The lowest BCUT2D eigenvalue weighted by Crippen LogP contribution is -2.45. The Kier molecular flexibility index (Phi) is 7.63. The van der Waals surface area contributed by atoms with Gasteiger partial charge in [0.05, 0.1) is 7.11 Å². The van der Waals surface area contributed by atoms with E-state index in [9.17, 15) is 14.4 Å². The largest absolute Gasteiger partial charge is 0.467 e. The summed E-state index contributed by atoms with van der Waals surface area (Å²) in [5.41, 5.74) is 2.03. The van der Waals surface area contributed by atoms with Gasteiger partial charge in [0.1, 0.15) is 11.6 Å². The molecule has 1 atom stereocenters. The van der Waals surface area contributed by atoms with Crippen LogP contribution in [-0.2, 0) is 28.9 Å². The number of fused-ring (bicyclic) bond motifs is 1. The molecule has 0 aromatic carbocycles. The van der Waals surface area contributed by atoms with Gasteiger partial charge < -0.3 is 14.6 Å². The van der Waals surface area contributed by atoms with Crippen LogP contribution in [0.3, 0.4) is 0 Å². The highest BCUT2D eigenvalue weighted by molar-refractivity contribution is 5.96. The van der Waals surface area contributed by atoms with Crippen molar-refractivity contribution in [2.24, 2.45) is 5.92 Å². The molecule has 6 nitrogen and oxygen atoms in total. The lowest BCUT2D eigenvalue weighted by atomic mass is 9.94. The van der Waals surface area contributed by atoms with Crippen molar-refractivity contribution in [1.29, 1.82) is 0 Å². The summed E-state index contributed by atoms with van der Waals surface area (Å²) in [6, 6.07) is 0.986. The molecule has 0 saturated carbocycles. The first-order valence-electron chi connectivity index (χ1n) is 10.0. The Bertz CT molecular complexity index is 736. The minimum absolute atomic E-state index is 0.129. The van der Waals surface area contributed by atoms with E-state index in [2.05, 4.69) is 12.2 Å². The molecule has 1 aliphatic rings. The molecule has 2 rings (SSSR count). The summed E-state index contributed by atoms with van der Waals surface area (Å²) in [5.74, 6) is -0.768. The van der Waals surface area contributed by atoms with Crippen molar-refractivity contribution < 1.29 is 14.3 Å². The van der Waals surface area contributed by atoms with Gasteiger partial charge in [-0.2, -0.15) is 0 Å². The first-order chi connectivity index (χ1) is 12.9. The molecule has 1 amide bonds. The second kappa shape index (κ2) is 9.72. The van der Waals surface area contributed by atoms with Crippen molar-refractivity contribution in [3.8, 4) is 0 Å². The molecule has 150 valence electrons. The molecule has 0 aliphatic heterocycles. The molecule has 0 unspecified atom stereocenters. The van der Waals surface area contributed by atoms with Gasteiger partial charge in [-0.15, -0.1) is 0 Å². The van der Waals surface area contributed by atoms with Crippen LogP contribution in [0.5, 0.6) is 0 Å². The summed E-state index contributed by atoms with van der Waals surface area (Å²) in [6.07, 6.45) is 6.25. The monoisotopic (exact) mass is 376 g/mol. The van der Waals surface area contributed by atoms with Crippen molar-refractivity contribution in [3.63, 3.8) is 0 Å². The maximum Gasteiger partial charge on any atom is 0.328 e. The van der Waals surface area contributed by atoms with E-state index in [0.717, 1.165) is 49.8 Å². The number of rotatable bonds is 8. The zero-order valence-electron chi connectivity index (χ0n) is 17.0. The zero-order chi connectivity index (χ0) is 20.0. The number of unbranched alkanes of at least 4 members (excludes halogenated alkanes) is 1. The molecule has 6 heteroatoms. The third kappa shape index (κ3) is 5.21. The Morgan fingerprint density at radius 3 is 2.59 bits per heavy atom. The standard InChI is InChI=1S/C21H32N2O4/c1-5-6-11-23-18-10-8-7-9-15(18)13-16(20(23)25)19(24)22-17(12-14(2)3)21(26)27-4/h13-14,17H,5-12H2,1-4H3,(H,22,24)/t17-/m0/s1. The van der Waals surface area contributed by atoms with Crippen molar-refractivity contribution in [1.82, 2.24) is 9.88 Å². The van der Waals surface area contributed by atoms with Crippen LogP contribution in [0.1, 0.15) is 74.5 Å². The SMILES string of the molecule is CCCCn1c2c(cc(C(=O)N[C@@H](CC(C)C)C(=O)OC)c1=O)CCCC2. The molecular formula is C21H32N2O4. The van der Waals surface area contributed by atoms with E-state index in [1.54, 1.807) is 10.6 Å². The molecule has 27 heavy (non-hydrogen) atoms. The third-order valence-electron chi connectivity index (χ3n) is 5.08. The minimum Gasteiger partial charge on any atom is -0.467 e. The van der Waals surface area contributed by atoms with Crippen LogP contribution in [-0.4, -0.2) is 29.6 Å². The first kappa shape index (κ1) is 21.2. The quantitative estimate of drug-likeness (QED) is 0.708. The number of ether oxygens (including phenoxy) is 1. The van der Waals surface area contributed by atoms with Crippen molar-refractivity contribution in [2.75, 3.05) is 7.11 Å². The number of esters is 1. The fourth-order valence-electron chi connectivity index (χ4n) is 3.66. The topological polar surface area (TPSA) is 77.4 Å². The van der Waals surface area contributed by atoms with Gasteiger partial charge in [0, 0.05) is 12.2 Å². The van der Waals surface area contributed by atoms with Gasteiger partial charge >= 0.3 is 5.97 Å². The molecule has 0 radical (unpaired) electrons. The molecule has 1 aromatic heterocycles. The molecule has 0 fully saturated rings. The van der Waals surface area contributed by atoms with Gasteiger partial charge in [-0.25, -0.2) is 4.79 Å². The van der Waals surface area contributed by atoms with Gasteiger partial charge in [-0.3, -0.25) is 9.59 Å². The van der Waals surface area contributed by atoms with E-state index >= 15 is 0 Å². The van der Waals surface area contributed by atoms with Crippen LogP contribution in [0, 0.1) is 5.92 Å². The smallest absolute Gasteiger partial charge is 0.328 e. The Labute approximate surface area is 161 Å². The first-order valence-corrected chi connectivity index (χ1v) is 10.0. The number of methoxy groups -OCH3 is 1. The molecule has 1 heterocycles. The Hall–Kier alpha value is -2.11. The van der Waals surface area contributed by atoms with E-state index < -0.39 is 17.9 Å². The lowest BCUT2D eigenvalue weighted by Gasteiger charge is -2.23. The van der Waals surface area contributed by atoms with E-state index in [1.165, 1.54) is 7.11 Å².